The van der Waals surface area contributed by atoms with Crippen LogP contribution in [0.5, 0.6) is 0 Å². The van der Waals surface area contributed by atoms with Crippen LogP contribution in [0.25, 0.3) is 0 Å². The predicted octanol–water partition coefficient (Wildman–Crippen LogP) is 4.12. The largest absolute Gasteiger partial charge is 0.379 e. The summed E-state index contributed by atoms with van der Waals surface area (Å²) in [4.78, 5) is 23.1. The van der Waals surface area contributed by atoms with Crippen molar-refractivity contribution in [3.05, 3.63) is 34.4 Å². The third-order valence-electron chi connectivity index (χ3n) is 7.15. The highest BCUT2D eigenvalue weighted by molar-refractivity contribution is 5.77. The maximum atomic E-state index is 12.5. The molecule has 0 spiro atoms. The fourth-order valence-electron chi connectivity index (χ4n) is 6.27. The van der Waals surface area contributed by atoms with E-state index in [-0.39, 0.29) is 17.6 Å². The molecule has 0 aromatic heterocycles. The van der Waals surface area contributed by atoms with Gasteiger partial charge in [0.25, 0.3) is 5.69 Å². The molecule has 4 saturated carbocycles. The first kappa shape index (κ1) is 18.3. The second kappa shape index (κ2) is 7.13. The van der Waals surface area contributed by atoms with Crippen LogP contribution in [0.4, 0.5) is 11.4 Å². The molecule has 1 atom stereocenters. The Hall–Kier alpha value is -2.11. The van der Waals surface area contributed by atoms with Crippen LogP contribution in [-0.4, -0.2) is 23.4 Å². The van der Waals surface area contributed by atoms with Crippen LogP contribution in [0.15, 0.2) is 24.3 Å². The minimum Gasteiger partial charge on any atom is -0.379 e. The second-order valence-corrected chi connectivity index (χ2v) is 9.02. The summed E-state index contributed by atoms with van der Waals surface area (Å²) in [7, 11) is 0. The number of nitrogens with zero attached hydrogens (tertiary/aromatic N) is 1. The van der Waals surface area contributed by atoms with Gasteiger partial charge in [0.05, 0.1) is 4.92 Å². The Bertz CT molecular complexity index is 698. The van der Waals surface area contributed by atoms with Crippen molar-refractivity contribution in [3.8, 4) is 0 Å². The van der Waals surface area contributed by atoms with E-state index < -0.39 is 4.92 Å². The van der Waals surface area contributed by atoms with E-state index >= 15 is 0 Å². The van der Waals surface area contributed by atoms with Crippen molar-refractivity contribution >= 4 is 17.3 Å². The molecule has 5 rings (SSSR count). The van der Waals surface area contributed by atoms with Crippen LogP contribution >= 0.6 is 0 Å². The molecule has 6 heteroatoms. The summed E-state index contributed by atoms with van der Waals surface area (Å²) in [5.41, 5.74) is 0.806. The maximum absolute atomic E-state index is 12.5. The SMILES string of the molecule is C[C@@H](NC(=O)CCNc1ccccc1[N+](=O)[O-])C12CC3CC(CC(C3)C1)C2. The smallest absolute Gasteiger partial charge is 0.292 e. The highest BCUT2D eigenvalue weighted by Gasteiger charge is 2.53. The van der Waals surface area contributed by atoms with Crippen LogP contribution in [0.1, 0.15) is 51.9 Å². The molecule has 1 aromatic carbocycles. The van der Waals surface area contributed by atoms with Gasteiger partial charge in [-0.3, -0.25) is 14.9 Å². The molecule has 2 N–H and O–H groups in total. The van der Waals surface area contributed by atoms with Crippen molar-refractivity contribution < 1.29 is 9.72 Å². The van der Waals surface area contributed by atoms with E-state index in [0.29, 0.717) is 24.1 Å². The predicted molar refractivity (Wildman–Crippen MR) is 104 cm³/mol. The second-order valence-electron chi connectivity index (χ2n) is 9.02. The number of nitro benzene ring substituents is 1. The minimum atomic E-state index is -0.405. The van der Waals surface area contributed by atoms with Gasteiger partial charge >= 0.3 is 0 Å². The summed E-state index contributed by atoms with van der Waals surface area (Å²) in [5.74, 6) is 2.65. The van der Waals surface area contributed by atoms with Crippen molar-refractivity contribution in [2.75, 3.05) is 11.9 Å². The molecule has 0 aliphatic heterocycles. The average molecular weight is 371 g/mol. The summed E-state index contributed by atoms with van der Waals surface area (Å²) in [5, 5.41) is 17.3. The van der Waals surface area contributed by atoms with E-state index in [0.717, 1.165) is 17.8 Å². The van der Waals surface area contributed by atoms with Gasteiger partial charge < -0.3 is 10.6 Å². The number of para-hydroxylation sites is 2. The average Bonchev–Trinajstić information content (AvgIpc) is 2.60. The topological polar surface area (TPSA) is 84.3 Å². The molecule has 0 radical (unpaired) electrons. The summed E-state index contributed by atoms with van der Waals surface area (Å²) in [6.07, 6.45) is 8.35. The lowest BCUT2D eigenvalue weighted by molar-refractivity contribution is -0.384. The number of carbonyl (C=O) groups is 1. The third kappa shape index (κ3) is 3.66. The number of hydrogen-bond donors (Lipinski definition) is 2. The van der Waals surface area contributed by atoms with Crippen LogP contribution in [0.2, 0.25) is 0 Å². The van der Waals surface area contributed by atoms with Crippen LogP contribution < -0.4 is 10.6 Å². The molecule has 4 aliphatic carbocycles. The molecule has 146 valence electrons. The van der Waals surface area contributed by atoms with E-state index in [4.69, 9.17) is 0 Å². The number of hydrogen-bond acceptors (Lipinski definition) is 4. The van der Waals surface area contributed by atoms with Gasteiger partial charge in [-0.1, -0.05) is 12.1 Å². The van der Waals surface area contributed by atoms with Crippen molar-refractivity contribution in [2.24, 2.45) is 23.2 Å². The molecule has 0 heterocycles. The highest BCUT2D eigenvalue weighted by Crippen LogP contribution is 2.61. The number of carbonyl (C=O) groups excluding carboxylic acids is 1. The van der Waals surface area contributed by atoms with Crippen molar-refractivity contribution in [1.82, 2.24) is 5.32 Å². The third-order valence-corrected chi connectivity index (χ3v) is 7.15. The fourth-order valence-corrected chi connectivity index (χ4v) is 6.27. The van der Waals surface area contributed by atoms with Gasteiger partial charge in [0.2, 0.25) is 5.91 Å². The van der Waals surface area contributed by atoms with Gasteiger partial charge in [-0.15, -0.1) is 0 Å². The molecule has 4 bridgehead atoms. The zero-order valence-corrected chi connectivity index (χ0v) is 15.9. The summed E-state index contributed by atoms with van der Waals surface area (Å²) in [6.45, 7) is 2.57. The van der Waals surface area contributed by atoms with Crippen molar-refractivity contribution in [2.45, 2.75) is 57.9 Å². The number of benzene rings is 1. The van der Waals surface area contributed by atoms with Gasteiger partial charge in [-0.05, 0) is 74.7 Å². The van der Waals surface area contributed by atoms with E-state index in [9.17, 15) is 14.9 Å². The zero-order chi connectivity index (χ0) is 19.0. The molecule has 4 fully saturated rings. The van der Waals surface area contributed by atoms with Gasteiger partial charge in [-0.2, -0.15) is 0 Å². The van der Waals surface area contributed by atoms with E-state index in [1.165, 1.54) is 44.6 Å². The molecule has 1 amide bonds. The molecule has 1 aromatic rings. The van der Waals surface area contributed by atoms with Gasteiger partial charge in [0.15, 0.2) is 0 Å². The van der Waals surface area contributed by atoms with Gasteiger partial charge in [-0.25, -0.2) is 0 Å². The number of rotatable bonds is 7. The molecular weight excluding hydrogens is 342 g/mol. The van der Waals surface area contributed by atoms with E-state index in [1.54, 1.807) is 18.2 Å². The molecule has 0 unspecified atom stereocenters. The van der Waals surface area contributed by atoms with Crippen molar-refractivity contribution in [3.63, 3.8) is 0 Å². The van der Waals surface area contributed by atoms with Gasteiger partial charge in [0, 0.05) is 25.1 Å². The highest BCUT2D eigenvalue weighted by atomic mass is 16.6. The Morgan fingerprint density at radius 1 is 1.19 bits per heavy atom. The molecule has 6 nitrogen and oxygen atoms in total. The van der Waals surface area contributed by atoms with Crippen LogP contribution in [0.3, 0.4) is 0 Å². The molecule has 0 saturated heterocycles. The van der Waals surface area contributed by atoms with Gasteiger partial charge in [0.1, 0.15) is 5.69 Å². The quantitative estimate of drug-likeness (QED) is 0.558. The summed E-state index contributed by atoms with van der Waals surface area (Å²) < 4.78 is 0. The first-order valence-electron chi connectivity index (χ1n) is 10.2. The fraction of sp³-hybridized carbons (Fsp3) is 0.667. The summed E-state index contributed by atoms with van der Waals surface area (Å²) >= 11 is 0. The van der Waals surface area contributed by atoms with E-state index in [1.807, 2.05) is 0 Å². The zero-order valence-electron chi connectivity index (χ0n) is 15.9. The Kier molecular flexibility index (Phi) is 4.82. The number of anilines is 1. The first-order valence-corrected chi connectivity index (χ1v) is 10.2. The lowest BCUT2D eigenvalue weighted by Crippen LogP contribution is -2.55. The number of nitrogens with one attached hydrogen (secondary N) is 2. The standard InChI is InChI=1S/C21H29N3O3/c1-14(21-11-15-8-16(12-21)10-17(9-15)13-21)23-20(25)6-7-22-18-4-2-3-5-19(18)24(26)27/h2-5,14-17,22H,6-13H2,1H3,(H,23,25)/t14-,15?,16?,17?,21?/m1/s1. The first-order chi connectivity index (χ1) is 12.9. The van der Waals surface area contributed by atoms with Crippen LogP contribution in [0, 0.1) is 33.3 Å². The number of nitro groups is 1. The molecule has 4 aliphatic rings. The monoisotopic (exact) mass is 371 g/mol. The van der Waals surface area contributed by atoms with Crippen molar-refractivity contribution in [1.29, 1.82) is 0 Å². The Labute approximate surface area is 160 Å². The summed E-state index contributed by atoms with van der Waals surface area (Å²) in [6, 6.07) is 6.75. The van der Waals surface area contributed by atoms with Crippen LogP contribution in [-0.2, 0) is 4.79 Å². The Balaban J connectivity index is 1.29. The molecule has 27 heavy (non-hydrogen) atoms. The van der Waals surface area contributed by atoms with E-state index in [2.05, 4.69) is 17.6 Å². The lowest BCUT2D eigenvalue weighted by atomic mass is 9.48. The number of amides is 1. The molecular formula is C21H29N3O3. The Morgan fingerprint density at radius 2 is 1.78 bits per heavy atom. The Morgan fingerprint density at radius 3 is 2.37 bits per heavy atom. The normalized spacial score (nSPS) is 32.1. The maximum Gasteiger partial charge on any atom is 0.292 e. The minimum absolute atomic E-state index is 0.0318. The lowest BCUT2D eigenvalue weighted by Gasteiger charge is -2.59.